The van der Waals surface area contributed by atoms with Gasteiger partial charge in [-0.25, -0.2) is 0 Å². The third-order valence-corrected chi connectivity index (χ3v) is 7.24. The minimum atomic E-state index is -0.407. The molecule has 0 aromatic rings. The van der Waals surface area contributed by atoms with Gasteiger partial charge in [0.15, 0.2) is 0 Å². The molecular weight excluding hydrogens is 465 g/mol. The van der Waals surface area contributed by atoms with Crippen molar-refractivity contribution in [2.24, 2.45) is 17.8 Å². The quantitative estimate of drug-likeness (QED) is 0.339. The Balaban J connectivity index is -0.0000000270. The first kappa shape index (κ1) is 56.6. The maximum atomic E-state index is 8.93. The van der Waals surface area contributed by atoms with Crippen LogP contribution in [0.3, 0.4) is 0 Å². The van der Waals surface area contributed by atoms with Crippen molar-refractivity contribution in [3.05, 3.63) is 0 Å². The summed E-state index contributed by atoms with van der Waals surface area (Å²) in [6.07, 6.45) is 0. The van der Waals surface area contributed by atoms with Gasteiger partial charge in [-0.2, -0.15) is 0 Å². The minimum Gasteiger partial charge on any atom is -1.00 e. The molecule has 0 unspecified atom stereocenters. The van der Waals surface area contributed by atoms with Crippen LogP contribution in [-0.2, 0) is 21.7 Å². The second-order valence-electron chi connectivity index (χ2n) is 6.33. The fourth-order valence-electron chi connectivity index (χ4n) is 2.29. The van der Waals surface area contributed by atoms with Crippen molar-refractivity contribution < 1.29 is 81.6 Å². The van der Waals surface area contributed by atoms with E-state index in [-0.39, 0.29) is 108 Å². The topological polar surface area (TPSA) is 46.1 Å². The predicted octanol–water partition coefficient (Wildman–Crippen LogP) is -9.18. The Bertz CT molecular complexity index is 149. The third-order valence-electron chi connectivity index (χ3n) is 2.41. The number of rotatable bonds is 6. The van der Waals surface area contributed by atoms with E-state index >= 15 is 0 Å². The van der Waals surface area contributed by atoms with Crippen molar-refractivity contribution in [1.82, 2.24) is 0 Å². The molecule has 2 nitrogen and oxygen atoms in total. The molecule has 0 atom stereocenters. The first-order valence-electron chi connectivity index (χ1n) is 7.91. The summed E-state index contributed by atoms with van der Waals surface area (Å²) < 4.78 is 0. The maximum absolute atomic E-state index is 8.93. The molecule has 0 aromatic heterocycles. The van der Waals surface area contributed by atoms with Crippen LogP contribution < -0.4 is 59.8 Å². The predicted molar refractivity (Wildman–Crippen MR) is 91.5 cm³/mol. The van der Waals surface area contributed by atoms with Crippen LogP contribution in [0.4, 0.5) is 0 Å². The monoisotopic (exact) mass is 500 g/mol. The van der Waals surface area contributed by atoms with Gasteiger partial charge in [0.2, 0.25) is 0 Å². The van der Waals surface area contributed by atoms with Gasteiger partial charge in [0.1, 0.15) is 0 Å². The van der Waals surface area contributed by atoms with E-state index in [0.717, 1.165) is 17.8 Å². The summed E-state index contributed by atoms with van der Waals surface area (Å²) in [6, 6.07) is 0. The zero-order valence-electron chi connectivity index (χ0n) is 17.4. The molecule has 0 radical (unpaired) electrons. The van der Waals surface area contributed by atoms with Gasteiger partial charge in [0, 0.05) is 0 Å². The normalized spacial score (nSPS) is 7.56. The summed E-state index contributed by atoms with van der Waals surface area (Å²) in [5, 5.41) is 22.5. The molecule has 150 valence electrons. The number of halogens is 4. The smallest absolute Gasteiger partial charge is 1.00 e. The number of hydrogen-bond donors (Lipinski definition) is 0. The van der Waals surface area contributed by atoms with Crippen LogP contribution in [-0.4, -0.2) is 50.4 Å². The van der Waals surface area contributed by atoms with Gasteiger partial charge < -0.3 is 59.8 Å². The number of hydrogen-bond acceptors (Lipinski definition) is 2. The van der Waals surface area contributed by atoms with E-state index in [9.17, 15) is 0 Å². The molecule has 0 aliphatic heterocycles. The van der Waals surface area contributed by atoms with Gasteiger partial charge in [-0.3, -0.25) is 0 Å². The van der Waals surface area contributed by atoms with E-state index in [2.05, 4.69) is 41.5 Å². The zero-order chi connectivity index (χ0) is 15.8. The van der Waals surface area contributed by atoms with Crippen molar-refractivity contribution in [3.8, 4) is 0 Å². The average molecular weight is 502 g/mol. The summed E-state index contributed by atoms with van der Waals surface area (Å²) in [5.41, 5.74) is 0. The van der Waals surface area contributed by atoms with Crippen molar-refractivity contribution in [2.45, 2.75) is 71.2 Å². The van der Waals surface area contributed by atoms with Crippen molar-refractivity contribution in [2.75, 3.05) is 13.2 Å². The molecule has 25 heavy (non-hydrogen) atoms. The molecule has 0 aromatic carbocycles. The van der Waals surface area contributed by atoms with Gasteiger partial charge >= 0.3 is 44.8 Å². The Morgan fingerprint density at radius 3 is 0.800 bits per heavy atom. The second-order valence-corrected chi connectivity index (χ2v) is 9.48. The van der Waals surface area contributed by atoms with Gasteiger partial charge in [-0.15, -0.1) is 13.2 Å². The van der Waals surface area contributed by atoms with Crippen molar-refractivity contribution in [3.63, 3.8) is 0 Å². The van der Waals surface area contributed by atoms with Crippen LogP contribution in [0.5, 0.6) is 0 Å². The van der Waals surface area contributed by atoms with Crippen molar-refractivity contribution >= 4 is 37.2 Å². The molecule has 0 rings (SSSR count). The fourth-order valence-corrected chi connectivity index (χ4v) is 6.87. The molecule has 9 heteroatoms. The molecule has 0 bridgehead atoms. The summed E-state index contributed by atoms with van der Waals surface area (Å²) in [4.78, 5) is 0. The molecule has 0 saturated heterocycles. The van der Waals surface area contributed by atoms with E-state index < -0.39 is 14.1 Å². The van der Waals surface area contributed by atoms with E-state index in [1.807, 2.05) is 0 Å². The fraction of sp³-hybridized carbons (Fsp3) is 1.00. The van der Waals surface area contributed by atoms with Crippen LogP contribution >= 0.6 is 0 Å². The third kappa shape index (κ3) is 74.9. The molecule has 0 N–H and O–H groups in total. The van der Waals surface area contributed by atoms with Crippen LogP contribution in [0.2, 0.25) is 15.8 Å². The van der Waals surface area contributed by atoms with E-state index in [4.69, 9.17) is 10.2 Å². The van der Waals surface area contributed by atoms with Crippen LogP contribution in [0.1, 0.15) is 55.4 Å². The summed E-state index contributed by atoms with van der Waals surface area (Å²) in [6.45, 7) is 17.4. The average Bonchev–Trinajstić information content (AvgIpc) is 2.15. The van der Waals surface area contributed by atoms with Gasteiger partial charge in [-0.05, 0) is 0 Å². The summed E-state index contributed by atoms with van der Waals surface area (Å²) >= 11 is -0.407. The molecule has 0 aliphatic carbocycles. The van der Waals surface area contributed by atoms with Gasteiger partial charge in [0.25, 0.3) is 14.1 Å². The minimum absolute atomic E-state index is 0. The molecule has 0 spiro atoms. The molecule has 0 heterocycles. The van der Waals surface area contributed by atoms with Crippen LogP contribution in [0.15, 0.2) is 0 Å². The van der Waals surface area contributed by atoms with Gasteiger partial charge in [0.05, 0.1) is 0 Å². The molecule has 0 amide bonds. The zero-order valence-corrected chi connectivity index (χ0v) is 24.5. The molecule has 0 fully saturated rings. The first-order valence-corrected chi connectivity index (χ1v) is 10.4. The Kier molecular flexibility index (Phi) is 103. The largest absolute Gasteiger partial charge is 4.00 e. The van der Waals surface area contributed by atoms with Crippen molar-refractivity contribution in [1.29, 1.82) is 0 Å². The van der Waals surface area contributed by atoms with Crippen LogP contribution in [0.25, 0.3) is 0 Å². The van der Waals surface area contributed by atoms with E-state index in [1.165, 1.54) is 0 Å². The standard InChI is InChI=1S/3C4H9.2C2H5O.Al.4ClH.Mg.Ti/c3*1-4(2)3;2*1-2-3;;;;;;;/h3*4H,1H2,2-3H3;2*2H2,1H3;;4*1H;;/q;;;2*-1;;;;;;+2;+4/p-4. The Morgan fingerprint density at radius 1 is 0.600 bits per heavy atom. The Morgan fingerprint density at radius 2 is 0.720 bits per heavy atom. The molecule has 0 aliphatic rings. The Hall–Kier alpha value is 3.09. The first-order chi connectivity index (χ1) is 8.74. The SMILES string of the molecule is CC(C)[CH2][Al]([CH2]C(C)C)[CH2]C(C)C.CC[O-].CC[O-].[Cl-].[Cl-].[Cl-].[Cl-].[Mg+2].[Ti+4]. The summed E-state index contributed by atoms with van der Waals surface area (Å²) in [5.74, 6) is 2.78. The van der Waals surface area contributed by atoms with Crippen LogP contribution in [0, 0.1) is 17.8 Å². The molecular formula is C16H37AlCl4MgO2Ti. The molecule has 0 saturated carbocycles. The Labute approximate surface area is 218 Å². The van der Waals surface area contributed by atoms with Gasteiger partial charge in [-0.1, -0.05) is 89.0 Å². The second kappa shape index (κ2) is 45.7. The summed E-state index contributed by atoms with van der Waals surface area (Å²) in [7, 11) is 0. The van der Waals surface area contributed by atoms with E-state index in [1.54, 1.807) is 29.7 Å². The maximum Gasteiger partial charge on any atom is 4.00 e. The van der Waals surface area contributed by atoms with E-state index in [0.29, 0.717) is 0 Å².